The van der Waals surface area contributed by atoms with E-state index in [9.17, 15) is 31.2 Å². The minimum atomic E-state index is -5.55. The lowest BCUT2D eigenvalue weighted by Crippen LogP contribution is -2.43. The Morgan fingerprint density at radius 3 is 2.12 bits per heavy atom. The van der Waals surface area contributed by atoms with Gasteiger partial charge in [-0.1, -0.05) is 62.4 Å². The van der Waals surface area contributed by atoms with E-state index in [4.69, 9.17) is 5.73 Å². The molecule has 210 valence electrons. The summed E-state index contributed by atoms with van der Waals surface area (Å²) in [6.45, 7) is 3.86. The average molecular weight is 592 g/mol. The number of sulfonamides is 1. The number of carbonyl (C=O) groups is 2. The molecule has 8 nitrogen and oxygen atoms in total. The first-order valence-electron chi connectivity index (χ1n) is 11.9. The standard InChI is InChI=1S/C27H24F3N3O5S2/c1-16(2)18-11-13-20(14-12-18)40(36,37)33(38-26(35)27(28,29)30)23(19-9-7-17(15-31)8-10-19)24(34)25-32-21-5-3-4-6-22(21)39-25/h3-14,16,23H,15,31H2,1-2H3. The lowest BCUT2D eigenvalue weighted by Gasteiger charge is -2.28. The predicted molar refractivity (Wildman–Crippen MR) is 143 cm³/mol. The number of benzene rings is 3. The fourth-order valence-electron chi connectivity index (χ4n) is 3.80. The molecule has 0 aliphatic heterocycles. The summed E-state index contributed by atoms with van der Waals surface area (Å²) in [6.07, 6.45) is -5.55. The van der Waals surface area contributed by atoms with Gasteiger partial charge in [-0.15, -0.1) is 11.3 Å². The third kappa shape index (κ3) is 6.07. The van der Waals surface area contributed by atoms with Crippen LogP contribution in [0.5, 0.6) is 0 Å². The molecule has 2 N–H and O–H groups in total. The SMILES string of the molecule is CC(C)c1ccc(S(=O)(=O)N(OC(=O)C(F)(F)F)C(C(=O)c2nc3ccccc3s2)c2ccc(CN)cc2)cc1. The number of carbonyl (C=O) groups excluding carboxylic acids is 2. The number of thiazole rings is 1. The number of halogens is 3. The van der Waals surface area contributed by atoms with E-state index >= 15 is 0 Å². The second-order valence-electron chi connectivity index (χ2n) is 9.06. The normalized spacial score (nSPS) is 13.1. The van der Waals surface area contributed by atoms with Gasteiger partial charge in [0.25, 0.3) is 10.0 Å². The van der Waals surface area contributed by atoms with Crippen LogP contribution in [-0.2, 0) is 26.2 Å². The molecule has 0 bridgehead atoms. The first kappa shape index (κ1) is 29.3. The molecule has 0 aliphatic carbocycles. The van der Waals surface area contributed by atoms with Crippen LogP contribution in [0.25, 0.3) is 10.2 Å². The summed E-state index contributed by atoms with van der Waals surface area (Å²) in [5, 5.41) is -0.187. The van der Waals surface area contributed by atoms with Crippen LogP contribution in [-0.4, -0.2) is 35.8 Å². The summed E-state index contributed by atoms with van der Waals surface area (Å²) in [6, 6.07) is 15.6. The average Bonchev–Trinajstić information content (AvgIpc) is 3.37. The third-order valence-electron chi connectivity index (χ3n) is 5.98. The van der Waals surface area contributed by atoms with Gasteiger partial charge in [-0.3, -0.25) is 4.79 Å². The number of ketones is 1. The number of para-hydroxylation sites is 1. The summed E-state index contributed by atoms with van der Waals surface area (Å²) in [7, 11) is -5.02. The first-order chi connectivity index (χ1) is 18.8. The van der Waals surface area contributed by atoms with E-state index in [-0.39, 0.29) is 27.5 Å². The van der Waals surface area contributed by atoms with Gasteiger partial charge in [0.2, 0.25) is 5.78 Å². The highest BCUT2D eigenvalue weighted by molar-refractivity contribution is 7.89. The van der Waals surface area contributed by atoms with Crippen molar-refractivity contribution in [1.82, 2.24) is 9.45 Å². The van der Waals surface area contributed by atoms with Crippen molar-refractivity contribution < 1.29 is 36.0 Å². The fraction of sp³-hybridized carbons (Fsp3) is 0.222. The van der Waals surface area contributed by atoms with E-state index in [1.165, 1.54) is 48.5 Å². The van der Waals surface area contributed by atoms with E-state index in [1.54, 1.807) is 24.3 Å². The second-order valence-corrected chi connectivity index (χ2v) is 11.9. The van der Waals surface area contributed by atoms with Crippen LogP contribution in [0.4, 0.5) is 13.2 Å². The van der Waals surface area contributed by atoms with Crippen molar-refractivity contribution in [2.45, 2.75) is 43.4 Å². The zero-order chi connectivity index (χ0) is 29.2. The molecule has 1 atom stereocenters. The molecule has 0 fully saturated rings. The summed E-state index contributed by atoms with van der Waals surface area (Å²) < 4.78 is 68.1. The zero-order valence-electron chi connectivity index (χ0n) is 21.3. The number of Topliss-reactive ketones (excluding diaryl/α,β-unsaturated/α-hetero) is 1. The van der Waals surface area contributed by atoms with E-state index in [1.807, 2.05) is 13.8 Å². The Balaban J connectivity index is 1.91. The van der Waals surface area contributed by atoms with Gasteiger partial charge >= 0.3 is 12.1 Å². The fourth-order valence-corrected chi connectivity index (χ4v) is 6.08. The largest absolute Gasteiger partial charge is 0.492 e. The minimum Gasteiger partial charge on any atom is -0.344 e. The number of alkyl halides is 3. The van der Waals surface area contributed by atoms with Crippen molar-refractivity contribution in [1.29, 1.82) is 0 Å². The van der Waals surface area contributed by atoms with E-state index < -0.39 is 38.9 Å². The Morgan fingerprint density at radius 1 is 0.975 bits per heavy atom. The Labute approximate surface area is 232 Å². The molecular formula is C27H24F3N3O5S2. The molecule has 4 rings (SSSR count). The number of hydroxylamine groups is 1. The summed E-state index contributed by atoms with van der Waals surface area (Å²) in [4.78, 5) is 34.2. The number of hydrogen-bond acceptors (Lipinski definition) is 8. The molecule has 0 saturated heterocycles. The smallest absolute Gasteiger partial charge is 0.344 e. The summed E-state index contributed by atoms with van der Waals surface area (Å²) in [5.74, 6) is -3.76. The number of aromatic nitrogens is 1. The number of nitrogens with zero attached hydrogens (tertiary/aromatic N) is 2. The van der Waals surface area contributed by atoms with Crippen molar-refractivity contribution in [3.05, 3.63) is 94.5 Å². The van der Waals surface area contributed by atoms with Crippen molar-refractivity contribution in [2.75, 3.05) is 0 Å². The quantitative estimate of drug-likeness (QED) is 0.201. The molecular weight excluding hydrogens is 567 g/mol. The van der Waals surface area contributed by atoms with Gasteiger partial charge in [0, 0.05) is 6.54 Å². The van der Waals surface area contributed by atoms with Gasteiger partial charge in [-0.2, -0.15) is 13.2 Å². The van der Waals surface area contributed by atoms with Crippen LogP contribution in [0.3, 0.4) is 0 Å². The van der Waals surface area contributed by atoms with Crippen LogP contribution in [0.2, 0.25) is 0 Å². The molecule has 1 unspecified atom stereocenters. The Bertz CT molecular complexity index is 1600. The third-order valence-corrected chi connectivity index (χ3v) is 8.66. The molecule has 1 heterocycles. The molecule has 0 saturated carbocycles. The van der Waals surface area contributed by atoms with Gasteiger partial charge in [0.05, 0.1) is 15.1 Å². The molecule has 0 spiro atoms. The summed E-state index contributed by atoms with van der Waals surface area (Å²) >= 11 is 0.925. The van der Waals surface area contributed by atoms with Gasteiger partial charge < -0.3 is 10.6 Å². The van der Waals surface area contributed by atoms with Gasteiger partial charge in [-0.05, 0) is 51.3 Å². The highest BCUT2D eigenvalue weighted by atomic mass is 32.2. The maximum Gasteiger partial charge on any atom is 0.492 e. The second kappa shape index (κ2) is 11.5. The number of hydrogen-bond donors (Lipinski definition) is 1. The van der Waals surface area contributed by atoms with Crippen LogP contribution in [0, 0.1) is 0 Å². The lowest BCUT2D eigenvalue weighted by atomic mass is 10.0. The molecule has 40 heavy (non-hydrogen) atoms. The summed E-state index contributed by atoms with van der Waals surface area (Å²) in [5.41, 5.74) is 7.39. The molecule has 13 heteroatoms. The number of fused-ring (bicyclic) bond motifs is 1. The van der Waals surface area contributed by atoms with E-state index in [0.717, 1.165) is 16.9 Å². The van der Waals surface area contributed by atoms with Crippen LogP contribution < -0.4 is 5.73 Å². The Morgan fingerprint density at radius 2 is 1.57 bits per heavy atom. The zero-order valence-corrected chi connectivity index (χ0v) is 22.9. The van der Waals surface area contributed by atoms with E-state index in [0.29, 0.717) is 15.8 Å². The Hall–Kier alpha value is -3.65. The topological polar surface area (TPSA) is 120 Å². The van der Waals surface area contributed by atoms with Crippen molar-refractivity contribution in [2.24, 2.45) is 5.73 Å². The monoisotopic (exact) mass is 591 g/mol. The van der Waals surface area contributed by atoms with E-state index in [2.05, 4.69) is 9.82 Å². The van der Waals surface area contributed by atoms with Crippen LogP contribution in [0.15, 0.2) is 77.7 Å². The molecule has 4 aromatic rings. The van der Waals surface area contributed by atoms with Crippen molar-refractivity contribution >= 4 is 43.3 Å². The maximum absolute atomic E-state index is 13.9. The molecule has 0 amide bonds. The highest BCUT2D eigenvalue weighted by Crippen LogP contribution is 2.35. The Kier molecular flexibility index (Phi) is 8.40. The molecule has 0 aliphatic rings. The first-order valence-corrected chi connectivity index (χ1v) is 14.2. The van der Waals surface area contributed by atoms with Crippen LogP contribution in [0.1, 0.15) is 52.3 Å². The highest BCUT2D eigenvalue weighted by Gasteiger charge is 2.48. The molecule has 3 aromatic carbocycles. The van der Waals surface area contributed by atoms with Gasteiger partial charge in [-0.25, -0.2) is 18.2 Å². The van der Waals surface area contributed by atoms with Gasteiger partial charge in [0.1, 0.15) is 0 Å². The van der Waals surface area contributed by atoms with Gasteiger partial charge in [0.15, 0.2) is 11.0 Å². The predicted octanol–water partition coefficient (Wildman–Crippen LogP) is 5.51. The lowest BCUT2D eigenvalue weighted by molar-refractivity contribution is -0.225. The molecule has 1 aromatic heterocycles. The number of rotatable bonds is 9. The van der Waals surface area contributed by atoms with Crippen LogP contribution >= 0.6 is 11.3 Å². The molecule has 0 radical (unpaired) electrons. The minimum absolute atomic E-state index is 0.0327. The maximum atomic E-state index is 13.9. The van der Waals surface area contributed by atoms with Crippen molar-refractivity contribution in [3.8, 4) is 0 Å². The van der Waals surface area contributed by atoms with Crippen molar-refractivity contribution in [3.63, 3.8) is 0 Å². The number of nitrogens with two attached hydrogens (primary N) is 1.